The summed E-state index contributed by atoms with van der Waals surface area (Å²) in [6, 6.07) is 0.733. The van der Waals surface area contributed by atoms with Crippen molar-refractivity contribution >= 4 is 11.3 Å². The largest absolute Gasteiger partial charge is 0.379 e. The van der Waals surface area contributed by atoms with Crippen LogP contribution in [0.5, 0.6) is 0 Å². The van der Waals surface area contributed by atoms with E-state index in [-0.39, 0.29) is 0 Å². The zero-order chi connectivity index (χ0) is 11.0. The molecule has 1 aliphatic carbocycles. The molecule has 0 bridgehead atoms. The van der Waals surface area contributed by atoms with Gasteiger partial charge in [-0.15, -0.1) is 11.3 Å². The number of nitrogens with zero attached hydrogens (tertiary/aromatic N) is 2. The molecule has 1 fully saturated rings. The summed E-state index contributed by atoms with van der Waals surface area (Å²) in [5.74, 6) is 0. The number of rotatable bonds is 1. The van der Waals surface area contributed by atoms with Crippen LogP contribution in [0.25, 0.3) is 0 Å². The summed E-state index contributed by atoms with van der Waals surface area (Å²) in [6.07, 6.45) is 3.65. The van der Waals surface area contributed by atoms with Gasteiger partial charge in [-0.2, -0.15) is 0 Å². The molecule has 2 aliphatic rings. The molecule has 0 amide bonds. The number of aromatic nitrogens is 1. The first-order valence-electron chi connectivity index (χ1n) is 6.10. The van der Waals surface area contributed by atoms with Crippen molar-refractivity contribution in [3.05, 3.63) is 15.6 Å². The summed E-state index contributed by atoms with van der Waals surface area (Å²) >= 11 is 1.89. The summed E-state index contributed by atoms with van der Waals surface area (Å²) < 4.78 is 5.41. The lowest BCUT2D eigenvalue weighted by molar-refractivity contribution is 0.0138. The summed E-state index contributed by atoms with van der Waals surface area (Å²) in [5.41, 5.74) is 1.37. The highest BCUT2D eigenvalue weighted by atomic mass is 32.1. The Hall–Kier alpha value is -0.450. The van der Waals surface area contributed by atoms with Crippen molar-refractivity contribution < 1.29 is 4.74 Å². The molecule has 3 rings (SSSR count). The molecule has 0 N–H and O–H groups in total. The van der Waals surface area contributed by atoms with Crippen LogP contribution in [0, 0.1) is 6.92 Å². The van der Waals surface area contributed by atoms with Crippen LogP contribution in [0.15, 0.2) is 0 Å². The average molecular weight is 238 g/mol. The van der Waals surface area contributed by atoms with Crippen LogP contribution in [0.3, 0.4) is 0 Å². The third-order valence-corrected chi connectivity index (χ3v) is 4.62. The second-order valence-electron chi connectivity index (χ2n) is 4.65. The van der Waals surface area contributed by atoms with Crippen molar-refractivity contribution in [2.75, 3.05) is 26.3 Å². The van der Waals surface area contributed by atoms with E-state index in [0.29, 0.717) is 0 Å². The van der Waals surface area contributed by atoms with Crippen LogP contribution in [-0.4, -0.2) is 42.2 Å². The highest BCUT2D eigenvalue weighted by molar-refractivity contribution is 7.11. The molecule has 4 heteroatoms. The van der Waals surface area contributed by atoms with Gasteiger partial charge in [-0.3, -0.25) is 4.90 Å². The van der Waals surface area contributed by atoms with Gasteiger partial charge in [0, 0.05) is 24.0 Å². The van der Waals surface area contributed by atoms with Gasteiger partial charge in [0.1, 0.15) is 0 Å². The molecule has 88 valence electrons. The maximum absolute atomic E-state index is 5.41. The fourth-order valence-electron chi connectivity index (χ4n) is 2.74. The molecule has 2 heterocycles. The van der Waals surface area contributed by atoms with E-state index in [1.54, 1.807) is 0 Å². The minimum atomic E-state index is 0.733. The van der Waals surface area contributed by atoms with Crippen LogP contribution in [-0.2, 0) is 17.6 Å². The van der Waals surface area contributed by atoms with Gasteiger partial charge in [-0.1, -0.05) is 0 Å². The van der Waals surface area contributed by atoms with Crippen molar-refractivity contribution in [2.45, 2.75) is 32.2 Å². The lowest BCUT2D eigenvalue weighted by Crippen LogP contribution is -2.45. The summed E-state index contributed by atoms with van der Waals surface area (Å²) in [5, 5.41) is 1.23. The predicted octanol–water partition coefficient (Wildman–Crippen LogP) is 1.64. The van der Waals surface area contributed by atoms with E-state index in [4.69, 9.17) is 4.74 Å². The number of hydrogen-bond acceptors (Lipinski definition) is 4. The Morgan fingerprint density at radius 3 is 3.00 bits per heavy atom. The maximum atomic E-state index is 5.41. The minimum Gasteiger partial charge on any atom is -0.379 e. The van der Waals surface area contributed by atoms with Gasteiger partial charge < -0.3 is 4.74 Å². The zero-order valence-electron chi connectivity index (χ0n) is 9.74. The number of fused-ring (bicyclic) bond motifs is 1. The lowest BCUT2D eigenvalue weighted by Gasteiger charge is -2.36. The second kappa shape index (κ2) is 4.43. The molecule has 0 aromatic carbocycles. The third-order valence-electron chi connectivity index (χ3n) is 3.58. The van der Waals surface area contributed by atoms with E-state index in [1.807, 2.05) is 11.3 Å². The van der Waals surface area contributed by atoms with E-state index in [1.165, 1.54) is 34.8 Å². The number of aryl methyl sites for hydroxylation is 2. The quantitative estimate of drug-likeness (QED) is 0.744. The fourth-order valence-corrected chi connectivity index (χ4v) is 3.79. The molecule has 1 unspecified atom stereocenters. The first-order valence-corrected chi connectivity index (χ1v) is 6.91. The van der Waals surface area contributed by atoms with Crippen LogP contribution >= 0.6 is 11.3 Å². The van der Waals surface area contributed by atoms with E-state index in [9.17, 15) is 0 Å². The monoisotopic (exact) mass is 238 g/mol. The number of ether oxygens (including phenoxy) is 1. The van der Waals surface area contributed by atoms with Gasteiger partial charge in [0.05, 0.1) is 23.9 Å². The molecule has 0 spiro atoms. The summed E-state index contributed by atoms with van der Waals surface area (Å²) in [6.45, 7) is 6.15. The molecule has 1 saturated heterocycles. The second-order valence-corrected chi connectivity index (χ2v) is 5.94. The Morgan fingerprint density at radius 1 is 1.38 bits per heavy atom. The summed E-state index contributed by atoms with van der Waals surface area (Å²) in [7, 11) is 0. The highest BCUT2D eigenvalue weighted by Gasteiger charge is 2.27. The van der Waals surface area contributed by atoms with Crippen molar-refractivity contribution in [3.63, 3.8) is 0 Å². The van der Waals surface area contributed by atoms with Crippen molar-refractivity contribution in [2.24, 2.45) is 0 Å². The molecule has 0 radical (unpaired) electrons. The van der Waals surface area contributed by atoms with Crippen LogP contribution in [0.4, 0.5) is 0 Å². The Morgan fingerprint density at radius 2 is 2.19 bits per heavy atom. The zero-order valence-corrected chi connectivity index (χ0v) is 10.6. The van der Waals surface area contributed by atoms with Gasteiger partial charge in [-0.25, -0.2) is 4.98 Å². The van der Waals surface area contributed by atoms with Gasteiger partial charge >= 0.3 is 0 Å². The van der Waals surface area contributed by atoms with E-state index >= 15 is 0 Å². The molecular formula is C12H18N2OS. The number of morpholine rings is 1. The van der Waals surface area contributed by atoms with Crippen molar-refractivity contribution in [1.29, 1.82) is 0 Å². The standard InChI is InChI=1S/C12H18N2OS/c1-9-13-11-3-2-10(8-12(11)16-9)14-4-6-15-7-5-14/h10H,2-8H2,1H3. The van der Waals surface area contributed by atoms with E-state index < -0.39 is 0 Å². The van der Waals surface area contributed by atoms with Gasteiger partial charge in [0.2, 0.25) is 0 Å². The first-order chi connectivity index (χ1) is 7.83. The maximum Gasteiger partial charge on any atom is 0.0900 e. The van der Waals surface area contributed by atoms with Crippen LogP contribution < -0.4 is 0 Å². The highest BCUT2D eigenvalue weighted by Crippen LogP contribution is 2.29. The normalized spacial score (nSPS) is 26.7. The number of hydrogen-bond donors (Lipinski definition) is 0. The molecule has 1 aliphatic heterocycles. The SMILES string of the molecule is Cc1nc2c(s1)CC(N1CCOCC1)CC2. The summed E-state index contributed by atoms with van der Waals surface area (Å²) in [4.78, 5) is 8.73. The first kappa shape index (κ1) is 10.7. The van der Waals surface area contributed by atoms with E-state index in [2.05, 4.69) is 16.8 Å². The Labute approximate surface area is 100 Å². The van der Waals surface area contributed by atoms with E-state index in [0.717, 1.165) is 32.3 Å². The van der Waals surface area contributed by atoms with Gasteiger partial charge in [0.15, 0.2) is 0 Å². The predicted molar refractivity (Wildman–Crippen MR) is 65.1 cm³/mol. The Balaban J connectivity index is 1.71. The molecule has 3 nitrogen and oxygen atoms in total. The van der Waals surface area contributed by atoms with Crippen LogP contribution in [0.1, 0.15) is 22.0 Å². The fraction of sp³-hybridized carbons (Fsp3) is 0.750. The van der Waals surface area contributed by atoms with Gasteiger partial charge in [-0.05, 0) is 26.2 Å². The smallest absolute Gasteiger partial charge is 0.0900 e. The topological polar surface area (TPSA) is 25.4 Å². The van der Waals surface area contributed by atoms with Crippen LogP contribution in [0.2, 0.25) is 0 Å². The molecule has 1 aromatic rings. The lowest BCUT2D eigenvalue weighted by atomic mass is 9.96. The Bertz CT molecular complexity index is 371. The molecule has 0 saturated carbocycles. The molecule has 16 heavy (non-hydrogen) atoms. The Kier molecular flexibility index (Phi) is 2.96. The average Bonchev–Trinajstić information content (AvgIpc) is 2.69. The van der Waals surface area contributed by atoms with Gasteiger partial charge in [0.25, 0.3) is 0 Å². The third kappa shape index (κ3) is 2.01. The molecular weight excluding hydrogens is 220 g/mol. The molecule has 1 aromatic heterocycles. The minimum absolute atomic E-state index is 0.733. The van der Waals surface area contributed by atoms with Crippen molar-refractivity contribution in [1.82, 2.24) is 9.88 Å². The molecule has 1 atom stereocenters. The van der Waals surface area contributed by atoms with Crippen molar-refractivity contribution in [3.8, 4) is 0 Å². The number of thiazole rings is 1.